The van der Waals surface area contributed by atoms with Crippen LogP contribution in [-0.2, 0) is 13.1 Å². The summed E-state index contributed by atoms with van der Waals surface area (Å²) < 4.78 is 5.88. The summed E-state index contributed by atoms with van der Waals surface area (Å²) in [6.45, 7) is 3.06. The summed E-state index contributed by atoms with van der Waals surface area (Å²) in [7, 11) is 1.69. The smallest absolute Gasteiger partial charge is 0.269 e. The van der Waals surface area contributed by atoms with Crippen molar-refractivity contribution in [3.63, 3.8) is 0 Å². The Balaban J connectivity index is 1.59. The number of nitrogens with zero attached hydrogens (tertiary/aromatic N) is 2. The Labute approximate surface area is 150 Å². The molecule has 0 amide bonds. The summed E-state index contributed by atoms with van der Waals surface area (Å²) in [5.74, 6) is 1.49. The minimum Gasteiger partial charge on any atom is -0.459 e. The number of fused-ring (bicyclic) bond motifs is 1. The SMILES string of the molecule is CN=C(NCc1ccc([N+](=O)[O-])cc1)NCc1oc2ccccc2c1C. The van der Waals surface area contributed by atoms with Crippen molar-refractivity contribution >= 4 is 22.6 Å². The van der Waals surface area contributed by atoms with E-state index in [0.29, 0.717) is 19.0 Å². The molecular formula is C19H20N4O3. The topological polar surface area (TPSA) is 92.7 Å². The molecular weight excluding hydrogens is 332 g/mol. The zero-order chi connectivity index (χ0) is 18.5. The van der Waals surface area contributed by atoms with Crippen molar-refractivity contribution in [3.05, 3.63) is 75.5 Å². The number of aryl methyl sites for hydroxylation is 1. The highest BCUT2D eigenvalue weighted by Gasteiger charge is 2.10. The molecule has 0 aliphatic heterocycles. The van der Waals surface area contributed by atoms with Crippen LogP contribution in [0.1, 0.15) is 16.9 Å². The lowest BCUT2D eigenvalue weighted by Gasteiger charge is -2.11. The van der Waals surface area contributed by atoms with Crippen LogP contribution in [-0.4, -0.2) is 17.9 Å². The maximum absolute atomic E-state index is 10.7. The van der Waals surface area contributed by atoms with Crippen molar-refractivity contribution in [1.82, 2.24) is 10.6 Å². The van der Waals surface area contributed by atoms with E-state index in [1.165, 1.54) is 12.1 Å². The third-order valence-electron chi connectivity index (χ3n) is 4.19. The van der Waals surface area contributed by atoms with E-state index < -0.39 is 4.92 Å². The molecule has 0 atom stereocenters. The molecule has 3 rings (SSSR count). The quantitative estimate of drug-likeness (QED) is 0.317. The zero-order valence-corrected chi connectivity index (χ0v) is 14.7. The van der Waals surface area contributed by atoms with Crippen molar-refractivity contribution < 1.29 is 9.34 Å². The maximum atomic E-state index is 10.7. The number of aliphatic imine (C=N–C) groups is 1. The molecule has 2 N–H and O–H groups in total. The fourth-order valence-electron chi connectivity index (χ4n) is 2.70. The lowest BCUT2D eigenvalue weighted by atomic mass is 10.1. The van der Waals surface area contributed by atoms with E-state index in [4.69, 9.17) is 4.42 Å². The Hall–Kier alpha value is -3.35. The van der Waals surface area contributed by atoms with Gasteiger partial charge in [-0.15, -0.1) is 0 Å². The van der Waals surface area contributed by atoms with Crippen LogP contribution >= 0.6 is 0 Å². The van der Waals surface area contributed by atoms with Crippen LogP contribution < -0.4 is 10.6 Å². The van der Waals surface area contributed by atoms with E-state index in [1.54, 1.807) is 19.2 Å². The molecule has 0 unspecified atom stereocenters. The van der Waals surface area contributed by atoms with Crippen molar-refractivity contribution in [1.29, 1.82) is 0 Å². The molecule has 0 saturated carbocycles. The first kappa shape index (κ1) is 17.5. The lowest BCUT2D eigenvalue weighted by molar-refractivity contribution is -0.384. The second kappa shape index (κ2) is 7.69. The second-order valence-corrected chi connectivity index (χ2v) is 5.85. The number of nitro benzene ring substituents is 1. The molecule has 0 radical (unpaired) electrons. The monoisotopic (exact) mass is 352 g/mol. The van der Waals surface area contributed by atoms with Crippen LogP contribution in [0.15, 0.2) is 57.9 Å². The third-order valence-corrected chi connectivity index (χ3v) is 4.19. The van der Waals surface area contributed by atoms with Gasteiger partial charge < -0.3 is 15.1 Å². The van der Waals surface area contributed by atoms with E-state index in [-0.39, 0.29) is 5.69 Å². The Bertz CT molecular complexity index is 945. The number of guanidine groups is 1. The van der Waals surface area contributed by atoms with Crippen LogP contribution in [0.5, 0.6) is 0 Å². The van der Waals surface area contributed by atoms with Crippen molar-refractivity contribution in [2.24, 2.45) is 4.99 Å². The molecule has 0 spiro atoms. The molecule has 1 aromatic heterocycles. The Morgan fingerprint density at radius 3 is 2.46 bits per heavy atom. The number of nitro groups is 1. The van der Waals surface area contributed by atoms with Gasteiger partial charge in [0, 0.05) is 36.7 Å². The average Bonchev–Trinajstić information content (AvgIpc) is 2.98. The standard InChI is InChI=1S/C19H20N4O3/c1-13-16-5-3-4-6-17(16)26-18(13)12-22-19(20-2)21-11-14-7-9-15(10-8-14)23(24)25/h3-10H,11-12H2,1-2H3,(H2,20,21,22). The van der Waals surface area contributed by atoms with Gasteiger partial charge in [-0.2, -0.15) is 0 Å². The number of benzene rings is 2. The molecule has 0 aliphatic carbocycles. The van der Waals surface area contributed by atoms with E-state index in [9.17, 15) is 10.1 Å². The van der Waals surface area contributed by atoms with Gasteiger partial charge in [-0.05, 0) is 18.6 Å². The van der Waals surface area contributed by atoms with Gasteiger partial charge in [0.1, 0.15) is 11.3 Å². The minimum atomic E-state index is -0.409. The van der Waals surface area contributed by atoms with Crippen LogP contribution in [0.25, 0.3) is 11.0 Å². The summed E-state index contributed by atoms with van der Waals surface area (Å²) in [4.78, 5) is 14.5. The predicted molar refractivity (Wildman–Crippen MR) is 101 cm³/mol. The van der Waals surface area contributed by atoms with Crippen LogP contribution in [0, 0.1) is 17.0 Å². The second-order valence-electron chi connectivity index (χ2n) is 5.85. The van der Waals surface area contributed by atoms with Crippen LogP contribution in [0.2, 0.25) is 0 Å². The van der Waals surface area contributed by atoms with Gasteiger partial charge in [0.15, 0.2) is 5.96 Å². The first-order valence-electron chi connectivity index (χ1n) is 8.23. The number of para-hydroxylation sites is 1. The van der Waals surface area contributed by atoms with Crippen molar-refractivity contribution in [2.75, 3.05) is 7.05 Å². The Kier molecular flexibility index (Phi) is 5.17. The third kappa shape index (κ3) is 3.83. The zero-order valence-electron chi connectivity index (χ0n) is 14.7. The molecule has 7 heteroatoms. The Morgan fingerprint density at radius 2 is 1.81 bits per heavy atom. The van der Waals surface area contributed by atoms with Gasteiger partial charge in [-0.3, -0.25) is 15.1 Å². The fourth-order valence-corrected chi connectivity index (χ4v) is 2.70. The molecule has 2 aromatic carbocycles. The molecule has 0 aliphatic rings. The number of rotatable bonds is 5. The van der Waals surface area contributed by atoms with Gasteiger partial charge in [0.2, 0.25) is 0 Å². The fraction of sp³-hybridized carbons (Fsp3) is 0.211. The highest BCUT2D eigenvalue weighted by Crippen LogP contribution is 2.24. The summed E-state index contributed by atoms with van der Waals surface area (Å²) >= 11 is 0. The largest absolute Gasteiger partial charge is 0.459 e. The Morgan fingerprint density at radius 1 is 1.12 bits per heavy atom. The number of non-ortho nitro benzene ring substituents is 1. The highest BCUT2D eigenvalue weighted by molar-refractivity contribution is 5.82. The van der Waals surface area contributed by atoms with E-state index in [1.807, 2.05) is 31.2 Å². The molecule has 0 saturated heterocycles. The normalized spacial score (nSPS) is 11.5. The van der Waals surface area contributed by atoms with Crippen LogP contribution in [0.3, 0.4) is 0 Å². The van der Waals surface area contributed by atoms with E-state index in [2.05, 4.69) is 15.6 Å². The molecule has 3 aromatic rings. The molecule has 26 heavy (non-hydrogen) atoms. The first-order chi connectivity index (χ1) is 12.6. The minimum absolute atomic E-state index is 0.0802. The highest BCUT2D eigenvalue weighted by atomic mass is 16.6. The summed E-state index contributed by atoms with van der Waals surface area (Å²) in [5, 5.41) is 18.2. The van der Waals surface area contributed by atoms with Gasteiger partial charge in [0.25, 0.3) is 5.69 Å². The van der Waals surface area contributed by atoms with Gasteiger partial charge in [0.05, 0.1) is 11.5 Å². The van der Waals surface area contributed by atoms with Crippen molar-refractivity contribution in [3.8, 4) is 0 Å². The predicted octanol–water partition coefficient (Wildman–Crippen LogP) is 3.51. The maximum Gasteiger partial charge on any atom is 0.269 e. The molecule has 134 valence electrons. The lowest BCUT2D eigenvalue weighted by Crippen LogP contribution is -2.36. The van der Waals surface area contributed by atoms with E-state index in [0.717, 1.165) is 27.9 Å². The molecule has 1 heterocycles. The average molecular weight is 352 g/mol. The van der Waals surface area contributed by atoms with Gasteiger partial charge in [-0.25, -0.2) is 0 Å². The molecule has 0 fully saturated rings. The molecule has 0 bridgehead atoms. The number of nitrogens with one attached hydrogen (secondary N) is 2. The summed E-state index contributed by atoms with van der Waals surface area (Å²) in [6.07, 6.45) is 0. The van der Waals surface area contributed by atoms with Gasteiger partial charge >= 0.3 is 0 Å². The van der Waals surface area contributed by atoms with Crippen molar-refractivity contribution in [2.45, 2.75) is 20.0 Å². The summed E-state index contributed by atoms with van der Waals surface area (Å²) in [5.41, 5.74) is 2.99. The number of furan rings is 1. The first-order valence-corrected chi connectivity index (χ1v) is 8.23. The summed E-state index contributed by atoms with van der Waals surface area (Å²) in [6, 6.07) is 14.4. The number of hydrogen-bond acceptors (Lipinski definition) is 4. The van der Waals surface area contributed by atoms with E-state index >= 15 is 0 Å². The molecule has 7 nitrogen and oxygen atoms in total. The number of hydrogen-bond donors (Lipinski definition) is 2. The van der Waals surface area contributed by atoms with Gasteiger partial charge in [-0.1, -0.05) is 30.3 Å². The van der Waals surface area contributed by atoms with Crippen LogP contribution in [0.4, 0.5) is 5.69 Å².